The van der Waals surface area contributed by atoms with Crippen LogP contribution in [0.1, 0.15) is 40.2 Å². The summed E-state index contributed by atoms with van der Waals surface area (Å²) in [6, 6.07) is 10.3. The predicted octanol–water partition coefficient (Wildman–Crippen LogP) is 3.29. The molecule has 0 amide bonds. The van der Waals surface area contributed by atoms with Crippen LogP contribution in [-0.2, 0) is 17.8 Å². The fourth-order valence-corrected chi connectivity index (χ4v) is 4.74. The molecule has 168 valence electrons. The van der Waals surface area contributed by atoms with Crippen LogP contribution in [0, 0.1) is 13.8 Å². The monoisotopic (exact) mass is 425 g/mol. The van der Waals surface area contributed by atoms with Crippen LogP contribution in [-0.4, -0.2) is 72.7 Å². The summed E-state index contributed by atoms with van der Waals surface area (Å²) in [5, 5.41) is 0. The van der Waals surface area contributed by atoms with Crippen molar-refractivity contribution in [3.05, 3.63) is 52.8 Å². The molecule has 0 saturated carbocycles. The van der Waals surface area contributed by atoms with E-state index in [4.69, 9.17) is 9.47 Å². The summed E-state index contributed by atoms with van der Waals surface area (Å²) in [7, 11) is 1.69. The molecule has 0 N–H and O–H groups in total. The zero-order valence-corrected chi connectivity index (χ0v) is 19.1. The van der Waals surface area contributed by atoms with Crippen LogP contribution in [0.25, 0.3) is 0 Å². The molecule has 2 aliphatic rings. The Morgan fingerprint density at radius 3 is 2.45 bits per heavy atom. The first-order valence-electron chi connectivity index (χ1n) is 11.4. The summed E-state index contributed by atoms with van der Waals surface area (Å²) in [5.41, 5.74) is 4.40. The Balaban J connectivity index is 1.28. The van der Waals surface area contributed by atoms with Crippen molar-refractivity contribution in [2.75, 3.05) is 46.4 Å². The number of carbonyl (C=O) groups is 1. The predicted molar refractivity (Wildman–Crippen MR) is 122 cm³/mol. The van der Waals surface area contributed by atoms with Crippen LogP contribution >= 0.6 is 0 Å². The second kappa shape index (κ2) is 9.98. The Morgan fingerprint density at radius 1 is 1.10 bits per heavy atom. The number of ketones is 1. The van der Waals surface area contributed by atoms with Crippen molar-refractivity contribution in [1.82, 2.24) is 14.4 Å². The van der Waals surface area contributed by atoms with E-state index < -0.39 is 0 Å². The lowest BCUT2D eigenvalue weighted by Gasteiger charge is -2.34. The maximum absolute atomic E-state index is 13.1. The third kappa shape index (κ3) is 5.37. The van der Waals surface area contributed by atoms with E-state index in [2.05, 4.69) is 46.4 Å². The van der Waals surface area contributed by atoms with Gasteiger partial charge in [0.15, 0.2) is 5.78 Å². The maximum atomic E-state index is 13.1. The van der Waals surface area contributed by atoms with Gasteiger partial charge in [0.25, 0.3) is 0 Å². The summed E-state index contributed by atoms with van der Waals surface area (Å²) in [6.07, 6.45) is 2.54. The van der Waals surface area contributed by atoms with Gasteiger partial charge in [-0.3, -0.25) is 14.6 Å². The third-order valence-electron chi connectivity index (χ3n) is 6.68. The first-order chi connectivity index (χ1) is 15.0. The molecular weight excluding hydrogens is 390 g/mol. The van der Waals surface area contributed by atoms with E-state index in [9.17, 15) is 4.79 Å². The molecule has 2 aliphatic heterocycles. The van der Waals surface area contributed by atoms with Gasteiger partial charge in [0.2, 0.25) is 0 Å². The smallest absolute Gasteiger partial charge is 0.178 e. The van der Waals surface area contributed by atoms with Crippen molar-refractivity contribution in [2.24, 2.45) is 0 Å². The molecule has 0 radical (unpaired) electrons. The van der Waals surface area contributed by atoms with E-state index in [-0.39, 0.29) is 11.9 Å². The van der Waals surface area contributed by atoms with Crippen molar-refractivity contribution >= 4 is 5.78 Å². The number of Topliss-reactive ketones (excluding diaryl/α,β-unsaturated/α-hetero) is 1. The molecule has 0 unspecified atom stereocenters. The highest BCUT2D eigenvalue weighted by atomic mass is 16.5. The number of aryl methyl sites for hydroxylation is 1. The maximum Gasteiger partial charge on any atom is 0.178 e. The molecule has 2 aromatic rings. The molecular formula is C25H35N3O3. The minimum Gasteiger partial charge on any atom is -0.497 e. The van der Waals surface area contributed by atoms with Crippen molar-refractivity contribution < 1.29 is 14.3 Å². The SMILES string of the molecule is COc1ccc(CN2CCN(CC(=O)c3cc(C)n(C[C@@H]4CCCO4)c3C)CC2)cc1. The molecule has 2 saturated heterocycles. The molecule has 2 fully saturated rings. The number of hydrogen-bond donors (Lipinski definition) is 0. The van der Waals surface area contributed by atoms with Gasteiger partial charge < -0.3 is 14.0 Å². The van der Waals surface area contributed by atoms with E-state index in [0.717, 1.165) is 81.4 Å². The van der Waals surface area contributed by atoms with Gasteiger partial charge >= 0.3 is 0 Å². The molecule has 0 spiro atoms. The zero-order chi connectivity index (χ0) is 21.8. The second-order valence-electron chi connectivity index (χ2n) is 8.85. The average Bonchev–Trinajstić information content (AvgIpc) is 3.39. The van der Waals surface area contributed by atoms with Gasteiger partial charge in [-0.2, -0.15) is 0 Å². The normalized spacial score (nSPS) is 20.3. The summed E-state index contributed by atoms with van der Waals surface area (Å²) in [4.78, 5) is 17.8. The molecule has 1 aromatic carbocycles. The van der Waals surface area contributed by atoms with Crippen LogP contribution in [0.2, 0.25) is 0 Å². The Kier molecular flexibility index (Phi) is 7.10. The van der Waals surface area contributed by atoms with Crippen molar-refractivity contribution in [1.29, 1.82) is 0 Å². The number of carbonyl (C=O) groups excluding carboxylic acids is 1. The summed E-state index contributed by atoms with van der Waals surface area (Å²) in [5.74, 6) is 1.12. The van der Waals surface area contributed by atoms with Crippen LogP contribution in [0.3, 0.4) is 0 Å². The first-order valence-corrected chi connectivity index (χ1v) is 11.4. The Morgan fingerprint density at radius 2 is 1.81 bits per heavy atom. The van der Waals surface area contributed by atoms with Crippen molar-refractivity contribution in [3.8, 4) is 5.75 Å². The quantitative estimate of drug-likeness (QED) is 0.608. The molecule has 0 bridgehead atoms. The Labute approximate surface area is 185 Å². The third-order valence-corrected chi connectivity index (χ3v) is 6.68. The second-order valence-corrected chi connectivity index (χ2v) is 8.85. The van der Waals surface area contributed by atoms with Crippen LogP contribution < -0.4 is 4.74 Å². The highest BCUT2D eigenvalue weighted by molar-refractivity contribution is 5.99. The number of ether oxygens (including phenoxy) is 2. The lowest BCUT2D eigenvalue weighted by Crippen LogP contribution is -2.47. The number of hydrogen-bond acceptors (Lipinski definition) is 5. The van der Waals surface area contributed by atoms with Gasteiger partial charge in [0, 0.05) is 62.8 Å². The number of methoxy groups -OCH3 is 1. The highest BCUT2D eigenvalue weighted by Gasteiger charge is 2.24. The summed E-state index contributed by atoms with van der Waals surface area (Å²) < 4.78 is 13.3. The minimum absolute atomic E-state index is 0.232. The number of piperazine rings is 1. The molecule has 31 heavy (non-hydrogen) atoms. The van der Waals surface area contributed by atoms with Gasteiger partial charge in [-0.25, -0.2) is 0 Å². The van der Waals surface area contributed by atoms with E-state index in [0.29, 0.717) is 6.54 Å². The van der Waals surface area contributed by atoms with Crippen LogP contribution in [0.5, 0.6) is 5.75 Å². The topological polar surface area (TPSA) is 46.9 Å². The van der Waals surface area contributed by atoms with Crippen molar-refractivity contribution in [3.63, 3.8) is 0 Å². The van der Waals surface area contributed by atoms with Gasteiger partial charge in [-0.1, -0.05) is 12.1 Å². The molecule has 6 nitrogen and oxygen atoms in total. The fraction of sp³-hybridized carbons (Fsp3) is 0.560. The molecule has 6 heteroatoms. The standard InChI is InChI=1S/C25H35N3O3/c1-19-15-24(20(2)28(19)17-23-5-4-14-31-23)25(29)18-27-12-10-26(11-13-27)16-21-6-8-22(30-3)9-7-21/h6-9,15,23H,4-5,10-14,16-18H2,1-3H3/t23-/m0/s1. The van der Waals surface area contributed by atoms with E-state index >= 15 is 0 Å². The lowest BCUT2D eigenvalue weighted by atomic mass is 10.1. The molecule has 4 rings (SSSR count). The Hall–Kier alpha value is -2.15. The number of rotatable bonds is 8. The minimum atomic E-state index is 0.232. The number of aromatic nitrogens is 1. The fourth-order valence-electron chi connectivity index (χ4n) is 4.74. The van der Waals surface area contributed by atoms with E-state index in [1.54, 1.807) is 7.11 Å². The van der Waals surface area contributed by atoms with Gasteiger partial charge in [-0.05, 0) is 50.5 Å². The van der Waals surface area contributed by atoms with Gasteiger partial charge in [0.1, 0.15) is 5.75 Å². The van der Waals surface area contributed by atoms with Crippen LogP contribution in [0.15, 0.2) is 30.3 Å². The summed E-state index contributed by atoms with van der Waals surface area (Å²) in [6.45, 7) is 11.1. The molecule has 0 aliphatic carbocycles. The molecule has 3 heterocycles. The summed E-state index contributed by atoms with van der Waals surface area (Å²) >= 11 is 0. The molecule has 1 atom stereocenters. The van der Waals surface area contributed by atoms with Gasteiger partial charge in [0.05, 0.1) is 19.8 Å². The van der Waals surface area contributed by atoms with Crippen molar-refractivity contribution in [2.45, 2.75) is 45.9 Å². The highest BCUT2D eigenvalue weighted by Crippen LogP contribution is 2.21. The first kappa shape index (κ1) is 22.1. The lowest BCUT2D eigenvalue weighted by molar-refractivity contribution is 0.0841. The van der Waals surface area contributed by atoms with E-state index in [1.165, 1.54) is 5.56 Å². The zero-order valence-electron chi connectivity index (χ0n) is 19.1. The van der Waals surface area contributed by atoms with Crippen LogP contribution in [0.4, 0.5) is 0 Å². The average molecular weight is 426 g/mol. The Bertz CT molecular complexity index is 876. The van der Waals surface area contributed by atoms with Gasteiger partial charge in [-0.15, -0.1) is 0 Å². The molecule has 1 aromatic heterocycles. The number of benzene rings is 1. The number of nitrogens with zero attached hydrogens (tertiary/aromatic N) is 3. The largest absolute Gasteiger partial charge is 0.497 e. The van der Waals surface area contributed by atoms with E-state index in [1.807, 2.05) is 12.1 Å².